The predicted molar refractivity (Wildman–Crippen MR) is 201 cm³/mol. The summed E-state index contributed by atoms with van der Waals surface area (Å²) in [5.74, 6) is -1.60. The lowest BCUT2D eigenvalue weighted by molar-refractivity contribution is -0.339. The van der Waals surface area contributed by atoms with Crippen molar-refractivity contribution in [1.29, 1.82) is 0 Å². The average Bonchev–Trinajstić information content (AvgIpc) is 3.26. The number of ether oxygens (including phenoxy) is 1. The number of hydrogen-bond donors (Lipinski definition) is 4. The number of carboxylic acids is 1. The molecule has 1 aromatic rings. The number of fused-ring (bicyclic) bond motifs is 7. The van der Waals surface area contributed by atoms with Gasteiger partial charge < -0.3 is 25.2 Å². The van der Waals surface area contributed by atoms with Crippen LogP contribution in [-0.4, -0.2) is 51.0 Å². The highest BCUT2D eigenvalue weighted by atomic mass is 16.6. The first-order valence-electron chi connectivity index (χ1n) is 21.1. The third kappa shape index (κ3) is 4.89. The second-order valence-electron chi connectivity index (χ2n) is 20.0. The molecule has 286 valence electrons. The second kappa shape index (κ2) is 12.8. The Bertz CT molecular complexity index is 1450. The van der Waals surface area contributed by atoms with Crippen LogP contribution in [0.4, 0.5) is 0 Å². The summed E-state index contributed by atoms with van der Waals surface area (Å²) in [6.07, 6.45) is 15.8. The minimum absolute atomic E-state index is 0.00892. The Kier molecular flexibility index (Phi) is 9.50. The fourth-order valence-electron chi connectivity index (χ4n) is 15.8. The zero-order valence-electron chi connectivity index (χ0n) is 32.8. The molecule has 6 nitrogen and oxygen atoms in total. The van der Waals surface area contributed by atoms with E-state index in [0.29, 0.717) is 12.3 Å². The van der Waals surface area contributed by atoms with Crippen molar-refractivity contribution < 1.29 is 30.0 Å². The topological polar surface area (TPSA) is 107 Å². The minimum Gasteiger partial charge on any atom is -0.481 e. The molecule has 2 bridgehead atoms. The van der Waals surface area contributed by atoms with Crippen molar-refractivity contribution in [3.8, 4) is 0 Å². The van der Waals surface area contributed by atoms with Crippen LogP contribution in [0.5, 0.6) is 0 Å². The van der Waals surface area contributed by atoms with Crippen LogP contribution in [0.2, 0.25) is 0 Å². The van der Waals surface area contributed by atoms with Crippen LogP contribution in [0, 0.1) is 55.7 Å². The standard InChI is InChI=1S/C45H70O6/c1-7-9-10-14-19-42-26-25-41(6)32(40(42,5)24-23-38(3)21-22-39(4,37(48)49)28-34(38)42)18-20-43-33(15-8-2)45(50,29-35(47)44(41,43)30-46)51-36(43)27-31-16-12-11-13-17-31/h11-13,16-17,32-36,46-47,50H,7-10,14-15,18-30H2,1-6H3,(H,48,49). The quantitative estimate of drug-likeness (QED) is 0.171. The molecule has 7 rings (SSSR count). The third-order valence-corrected chi connectivity index (χ3v) is 18.3. The Balaban J connectivity index is 1.37. The fraction of sp³-hybridized carbons (Fsp3) is 0.844. The molecule has 0 aromatic heterocycles. The fourth-order valence-corrected chi connectivity index (χ4v) is 15.8. The maximum Gasteiger partial charge on any atom is 0.309 e. The van der Waals surface area contributed by atoms with Gasteiger partial charge in [0.05, 0.1) is 24.2 Å². The van der Waals surface area contributed by atoms with Gasteiger partial charge in [-0.05, 0) is 123 Å². The number of aliphatic hydroxyl groups excluding tert-OH is 2. The molecule has 0 amide bonds. The van der Waals surface area contributed by atoms with Gasteiger partial charge in [-0.2, -0.15) is 0 Å². The van der Waals surface area contributed by atoms with Crippen molar-refractivity contribution in [2.75, 3.05) is 6.61 Å². The molecule has 13 unspecified atom stereocenters. The van der Waals surface area contributed by atoms with E-state index < -0.39 is 34.1 Å². The highest BCUT2D eigenvalue weighted by molar-refractivity contribution is 5.74. The Morgan fingerprint density at radius 1 is 0.843 bits per heavy atom. The Hall–Kier alpha value is -1.47. The molecule has 13 atom stereocenters. The van der Waals surface area contributed by atoms with E-state index in [9.17, 15) is 25.2 Å². The van der Waals surface area contributed by atoms with E-state index in [-0.39, 0.29) is 52.6 Å². The van der Waals surface area contributed by atoms with E-state index in [1.165, 1.54) is 31.2 Å². The maximum atomic E-state index is 12.9. The van der Waals surface area contributed by atoms with Crippen LogP contribution in [0.15, 0.2) is 30.3 Å². The highest BCUT2D eigenvalue weighted by Gasteiger charge is 2.84. The van der Waals surface area contributed by atoms with Gasteiger partial charge in [0.15, 0.2) is 5.79 Å². The van der Waals surface area contributed by atoms with Crippen LogP contribution in [0.3, 0.4) is 0 Å². The first kappa shape index (κ1) is 37.8. The van der Waals surface area contributed by atoms with E-state index >= 15 is 0 Å². The summed E-state index contributed by atoms with van der Waals surface area (Å²) < 4.78 is 6.91. The van der Waals surface area contributed by atoms with Crippen molar-refractivity contribution in [2.24, 2.45) is 55.7 Å². The zero-order chi connectivity index (χ0) is 36.7. The summed E-state index contributed by atoms with van der Waals surface area (Å²) in [5, 5.41) is 47.9. The number of carboxylic acid groups (broad SMARTS) is 1. The molecule has 1 saturated heterocycles. The van der Waals surface area contributed by atoms with Crippen molar-refractivity contribution in [1.82, 2.24) is 0 Å². The summed E-state index contributed by atoms with van der Waals surface area (Å²) in [5.41, 5.74) is -1.23. The summed E-state index contributed by atoms with van der Waals surface area (Å²) in [7, 11) is 0. The van der Waals surface area contributed by atoms with Gasteiger partial charge in [-0.15, -0.1) is 0 Å². The average molecular weight is 707 g/mol. The summed E-state index contributed by atoms with van der Waals surface area (Å²) in [4.78, 5) is 12.9. The van der Waals surface area contributed by atoms with Gasteiger partial charge in [0.2, 0.25) is 0 Å². The molecule has 1 spiro atoms. The van der Waals surface area contributed by atoms with Crippen molar-refractivity contribution >= 4 is 5.97 Å². The molecule has 1 aromatic carbocycles. The van der Waals surface area contributed by atoms with Gasteiger partial charge in [0.1, 0.15) is 0 Å². The monoisotopic (exact) mass is 707 g/mol. The number of rotatable bonds is 11. The second-order valence-corrected chi connectivity index (χ2v) is 20.0. The van der Waals surface area contributed by atoms with E-state index in [0.717, 1.165) is 77.0 Å². The number of aliphatic hydroxyl groups is 3. The summed E-state index contributed by atoms with van der Waals surface area (Å²) >= 11 is 0. The molecule has 1 aliphatic heterocycles. The molecular formula is C45H70O6. The Morgan fingerprint density at radius 2 is 1.55 bits per heavy atom. The van der Waals surface area contributed by atoms with Gasteiger partial charge in [-0.25, -0.2) is 0 Å². The highest BCUT2D eigenvalue weighted by Crippen LogP contribution is 2.84. The van der Waals surface area contributed by atoms with E-state index in [4.69, 9.17) is 4.74 Å². The molecule has 4 N–H and O–H groups in total. The smallest absolute Gasteiger partial charge is 0.309 e. The number of unbranched alkanes of at least 4 members (excludes halogenated alkanes) is 3. The summed E-state index contributed by atoms with van der Waals surface area (Å²) in [6.45, 7) is 13.9. The van der Waals surface area contributed by atoms with Gasteiger partial charge in [-0.1, -0.05) is 97.1 Å². The third-order valence-electron chi connectivity index (χ3n) is 18.3. The van der Waals surface area contributed by atoms with Gasteiger partial charge in [-0.3, -0.25) is 4.79 Å². The van der Waals surface area contributed by atoms with E-state index in [1.54, 1.807) is 0 Å². The van der Waals surface area contributed by atoms with Crippen LogP contribution in [0.1, 0.15) is 156 Å². The lowest BCUT2D eigenvalue weighted by atomic mass is 9.25. The molecule has 1 heterocycles. The van der Waals surface area contributed by atoms with Crippen LogP contribution >= 0.6 is 0 Å². The molecular weight excluding hydrogens is 636 g/mol. The number of aliphatic carboxylic acids is 1. The molecule has 5 aliphatic carbocycles. The number of benzene rings is 1. The zero-order valence-corrected chi connectivity index (χ0v) is 32.8. The van der Waals surface area contributed by atoms with Gasteiger partial charge >= 0.3 is 5.97 Å². The summed E-state index contributed by atoms with van der Waals surface area (Å²) in [6, 6.07) is 10.5. The minimum atomic E-state index is -1.41. The largest absolute Gasteiger partial charge is 0.481 e. The normalized spacial score (nSPS) is 50.1. The van der Waals surface area contributed by atoms with Crippen molar-refractivity contribution in [3.05, 3.63) is 35.9 Å². The van der Waals surface area contributed by atoms with Crippen molar-refractivity contribution in [2.45, 2.75) is 175 Å². The van der Waals surface area contributed by atoms with E-state index in [1.807, 2.05) is 13.0 Å². The number of hydrogen-bond acceptors (Lipinski definition) is 5. The Morgan fingerprint density at radius 3 is 2.22 bits per heavy atom. The lowest BCUT2D eigenvalue weighted by Crippen LogP contribution is -2.77. The van der Waals surface area contributed by atoms with Gasteiger partial charge in [0.25, 0.3) is 0 Å². The molecule has 6 fully saturated rings. The molecule has 6 heteroatoms. The first-order chi connectivity index (χ1) is 24.1. The van der Waals surface area contributed by atoms with Crippen LogP contribution in [-0.2, 0) is 16.0 Å². The first-order valence-corrected chi connectivity index (χ1v) is 21.1. The van der Waals surface area contributed by atoms with Gasteiger partial charge in [0, 0.05) is 23.2 Å². The molecule has 0 radical (unpaired) electrons. The lowest BCUT2D eigenvalue weighted by Gasteiger charge is -2.78. The molecule has 6 aliphatic rings. The SMILES string of the molecule is CCCCCCC12CCC3(C)C(CCC45C(Cc6ccccc6)OC(O)(CC(O)C34CO)C5CCC)C1(C)CCC1(C)CCC(C)(C(=O)O)CC12. The van der Waals surface area contributed by atoms with Crippen LogP contribution < -0.4 is 0 Å². The van der Waals surface area contributed by atoms with Crippen LogP contribution in [0.25, 0.3) is 0 Å². The van der Waals surface area contributed by atoms with Crippen molar-refractivity contribution in [3.63, 3.8) is 0 Å². The number of carbonyl (C=O) groups is 1. The Labute approximate surface area is 308 Å². The molecule has 51 heavy (non-hydrogen) atoms. The predicted octanol–water partition coefficient (Wildman–Crippen LogP) is 9.33. The maximum absolute atomic E-state index is 12.9. The van der Waals surface area contributed by atoms with E-state index in [2.05, 4.69) is 58.9 Å². The molecule has 5 saturated carbocycles.